The molecule has 3 aliphatic heterocycles. The van der Waals surface area contributed by atoms with Crippen molar-refractivity contribution in [2.24, 2.45) is 29.6 Å². The van der Waals surface area contributed by atoms with E-state index in [-0.39, 0.29) is 10.0 Å². The molecule has 6 unspecified atom stereocenters. The molecule has 1 heteroatoms. The Bertz CT molecular complexity index is 338. The number of hydrogen-bond donors (Lipinski definition) is 0. The van der Waals surface area contributed by atoms with E-state index in [2.05, 4.69) is 6.26 Å². The molecule has 3 saturated heterocycles. The van der Waals surface area contributed by atoms with Gasteiger partial charge in [-0.2, -0.15) is 0 Å². The second-order valence-electron chi connectivity index (χ2n) is 7.30. The Hall–Kier alpha value is 0.350. The van der Waals surface area contributed by atoms with Gasteiger partial charge in [0.2, 0.25) is 0 Å². The molecule has 5 rings (SSSR count). The van der Waals surface area contributed by atoms with Crippen LogP contribution in [0.2, 0.25) is 0 Å². The molecule has 3 heterocycles. The zero-order valence-electron chi connectivity index (χ0n) is 9.69. The van der Waals surface area contributed by atoms with Crippen LogP contribution in [0, 0.1) is 29.6 Å². The maximum absolute atomic E-state index is 2.76. The lowest BCUT2D eigenvalue weighted by molar-refractivity contribution is 0.0906. The average Bonchev–Trinajstić information content (AvgIpc) is 2.70. The van der Waals surface area contributed by atoms with Gasteiger partial charge in [0, 0.05) is 0 Å². The van der Waals surface area contributed by atoms with Gasteiger partial charge in [-0.1, -0.05) is 0 Å². The van der Waals surface area contributed by atoms with Crippen molar-refractivity contribution in [1.82, 2.24) is 0 Å². The fraction of sp³-hybridized carbons (Fsp3) is 1.00. The van der Waals surface area contributed by atoms with Crippen LogP contribution >= 0.6 is 10.0 Å². The second kappa shape index (κ2) is 2.30. The molecule has 84 valence electrons. The number of fused-ring (bicyclic) bond motifs is 2. The van der Waals surface area contributed by atoms with Crippen LogP contribution in [0.15, 0.2) is 0 Å². The molecule has 0 aromatic rings. The molecule has 0 aromatic heterocycles. The molecule has 0 aromatic carbocycles. The van der Waals surface area contributed by atoms with Crippen molar-refractivity contribution in [3.05, 3.63) is 0 Å². The highest BCUT2D eigenvalue weighted by molar-refractivity contribution is 8.34. The van der Waals surface area contributed by atoms with Crippen LogP contribution in [0.3, 0.4) is 0 Å². The lowest BCUT2D eigenvalue weighted by Gasteiger charge is -2.54. The maximum atomic E-state index is 2.76. The van der Waals surface area contributed by atoms with Crippen LogP contribution in [0.5, 0.6) is 0 Å². The van der Waals surface area contributed by atoms with E-state index in [9.17, 15) is 0 Å². The zero-order chi connectivity index (χ0) is 9.78. The Morgan fingerprint density at radius 2 is 1.93 bits per heavy atom. The van der Waals surface area contributed by atoms with Crippen LogP contribution in [0.25, 0.3) is 0 Å². The van der Waals surface area contributed by atoms with Gasteiger partial charge >= 0.3 is 0 Å². The first-order chi connectivity index (χ1) is 7.27. The minimum absolute atomic E-state index is 0.112. The topological polar surface area (TPSA) is 0 Å². The van der Waals surface area contributed by atoms with Gasteiger partial charge < -0.3 is 0 Å². The maximum Gasteiger partial charge on any atom is -0.00464 e. The van der Waals surface area contributed by atoms with Gasteiger partial charge in [0.05, 0.1) is 0 Å². The van der Waals surface area contributed by atoms with E-state index in [1.54, 1.807) is 37.9 Å². The summed E-state index contributed by atoms with van der Waals surface area (Å²) in [6.07, 6.45) is 11.0. The average molecular weight is 222 g/mol. The van der Waals surface area contributed by atoms with Gasteiger partial charge in [-0.05, 0) is 84.2 Å². The molecule has 0 radical (unpaired) electrons. The molecule has 5 aliphatic rings. The Labute approximate surface area is 94.5 Å². The normalized spacial score (nSPS) is 77.3. The molecule has 5 fully saturated rings. The summed E-state index contributed by atoms with van der Waals surface area (Å²) in [6.45, 7) is 0. The Morgan fingerprint density at radius 3 is 2.87 bits per heavy atom. The number of hydrogen-bond acceptors (Lipinski definition) is 0. The van der Waals surface area contributed by atoms with Crippen molar-refractivity contribution in [1.29, 1.82) is 0 Å². The predicted molar refractivity (Wildman–Crippen MR) is 66.5 cm³/mol. The minimum Gasteiger partial charge on any atom is -0.237 e. The van der Waals surface area contributed by atoms with Crippen LogP contribution < -0.4 is 0 Å². The predicted octanol–water partition coefficient (Wildman–Crippen LogP) is 3.26. The monoisotopic (exact) mass is 222 g/mol. The first-order valence-electron chi connectivity index (χ1n) is 7.01. The molecular weight excluding hydrogens is 200 g/mol. The summed E-state index contributed by atoms with van der Waals surface area (Å²) in [4.78, 5) is 0. The molecular formula is C14H22S. The van der Waals surface area contributed by atoms with Gasteiger partial charge in [-0.25, -0.2) is 10.0 Å². The van der Waals surface area contributed by atoms with E-state index in [4.69, 9.17) is 0 Å². The fourth-order valence-corrected chi connectivity index (χ4v) is 12.6. The summed E-state index contributed by atoms with van der Waals surface area (Å²) in [5.74, 6) is 7.82. The lowest BCUT2D eigenvalue weighted by Crippen LogP contribution is -2.48. The molecule has 15 heavy (non-hydrogen) atoms. The van der Waals surface area contributed by atoms with Crippen molar-refractivity contribution < 1.29 is 0 Å². The molecule has 8 atom stereocenters. The Kier molecular flexibility index (Phi) is 1.29. The molecule has 2 aliphatic carbocycles. The van der Waals surface area contributed by atoms with E-state index in [1.807, 2.05) is 0 Å². The highest BCUT2D eigenvalue weighted by Gasteiger charge is 2.69. The number of rotatable bonds is 0. The first-order valence-corrected chi connectivity index (χ1v) is 9.35. The van der Waals surface area contributed by atoms with Gasteiger partial charge in [0.25, 0.3) is 0 Å². The summed E-state index contributed by atoms with van der Waals surface area (Å²) < 4.78 is 0. The van der Waals surface area contributed by atoms with E-state index >= 15 is 0 Å². The molecule has 2 bridgehead atoms. The smallest absolute Gasteiger partial charge is 0.00464 e. The summed E-state index contributed by atoms with van der Waals surface area (Å²) in [7, 11) is -0.112. The minimum atomic E-state index is -0.112. The van der Waals surface area contributed by atoms with Crippen LogP contribution in [-0.4, -0.2) is 22.5 Å². The fourth-order valence-electron chi connectivity index (χ4n) is 6.73. The van der Waals surface area contributed by atoms with Crippen molar-refractivity contribution in [3.8, 4) is 0 Å². The Balaban J connectivity index is 1.70. The molecule has 2 saturated carbocycles. The summed E-state index contributed by atoms with van der Waals surface area (Å²) in [5.41, 5.74) is 0. The lowest BCUT2D eigenvalue weighted by atomic mass is 9.62. The highest BCUT2D eigenvalue weighted by Crippen LogP contribution is 2.82. The SMILES string of the molecule is CS12CC3CC1CC1C2C2[C@H](CC[C@@H]12)C3. The summed E-state index contributed by atoms with van der Waals surface area (Å²) in [5, 5.41) is 2.52. The van der Waals surface area contributed by atoms with Gasteiger partial charge in [-0.15, -0.1) is 0 Å². The van der Waals surface area contributed by atoms with Crippen LogP contribution in [0.1, 0.15) is 32.1 Å². The third-order valence-corrected chi connectivity index (χ3v) is 12.0. The van der Waals surface area contributed by atoms with E-state index in [0.717, 1.165) is 0 Å². The van der Waals surface area contributed by atoms with Crippen molar-refractivity contribution in [3.63, 3.8) is 0 Å². The van der Waals surface area contributed by atoms with Gasteiger partial charge in [-0.3, -0.25) is 0 Å². The quantitative estimate of drug-likeness (QED) is 0.590. The van der Waals surface area contributed by atoms with E-state index < -0.39 is 0 Å². The van der Waals surface area contributed by atoms with Crippen molar-refractivity contribution >= 4 is 10.0 Å². The van der Waals surface area contributed by atoms with Crippen LogP contribution in [-0.2, 0) is 0 Å². The molecule has 0 N–H and O–H groups in total. The highest BCUT2D eigenvalue weighted by atomic mass is 32.3. The summed E-state index contributed by atoms with van der Waals surface area (Å²) >= 11 is 0. The Morgan fingerprint density at radius 1 is 1.00 bits per heavy atom. The van der Waals surface area contributed by atoms with Crippen molar-refractivity contribution in [2.75, 3.05) is 12.0 Å². The zero-order valence-corrected chi connectivity index (χ0v) is 10.5. The van der Waals surface area contributed by atoms with Crippen molar-refractivity contribution in [2.45, 2.75) is 42.6 Å². The largest absolute Gasteiger partial charge is 0.237 e. The first kappa shape index (κ1) is 8.44. The summed E-state index contributed by atoms with van der Waals surface area (Å²) in [6, 6.07) is 0. The van der Waals surface area contributed by atoms with Crippen LogP contribution in [0.4, 0.5) is 0 Å². The third-order valence-electron chi connectivity index (χ3n) is 7.01. The van der Waals surface area contributed by atoms with E-state index in [1.165, 1.54) is 40.1 Å². The molecule has 0 amide bonds. The van der Waals surface area contributed by atoms with E-state index in [0.29, 0.717) is 0 Å². The second-order valence-corrected chi connectivity index (χ2v) is 11.3. The van der Waals surface area contributed by atoms with Gasteiger partial charge in [0.1, 0.15) is 0 Å². The molecule has 0 spiro atoms. The third kappa shape index (κ3) is 0.741. The van der Waals surface area contributed by atoms with Gasteiger partial charge in [0.15, 0.2) is 0 Å². The molecule has 0 nitrogen and oxygen atoms in total. The standard InChI is InChI=1S/C14H22S/c1-15-7-8-4-9-2-3-11-12(6-10(15)5-8)14(15)13(9)11/h8-14H,2-7H2,1H3/t8?,9-,10?,11+,12?,13?,14?/m1/s1.